The van der Waals surface area contributed by atoms with Crippen LogP contribution in [0.4, 0.5) is 5.82 Å². The second-order valence-electron chi connectivity index (χ2n) is 4.41. The van der Waals surface area contributed by atoms with Gasteiger partial charge >= 0.3 is 0 Å². The average molecular weight is 418 g/mol. The first-order valence-electron chi connectivity index (χ1n) is 6.40. The average Bonchev–Trinajstić information content (AvgIpc) is 2.54. The lowest BCUT2D eigenvalue weighted by molar-refractivity contribution is 0.0950. The largest absolute Gasteiger partial charge is 0.497 e. The fraction of sp³-hybridized carbons (Fsp3) is 0.214. The van der Waals surface area contributed by atoms with E-state index in [1.807, 2.05) is 6.26 Å². The highest BCUT2D eigenvalue weighted by Crippen LogP contribution is 2.24. The Morgan fingerprint density at radius 1 is 1.43 bits per heavy atom. The fourth-order valence-electron chi connectivity index (χ4n) is 1.76. The third-order valence-corrected chi connectivity index (χ3v) is 4.18. The van der Waals surface area contributed by atoms with Crippen LogP contribution in [0.15, 0.2) is 34.0 Å². The third-order valence-electron chi connectivity index (χ3n) is 2.84. The highest BCUT2D eigenvalue weighted by molar-refractivity contribution is 9.10. The van der Waals surface area contributed by atoms with Crippen molar-refractivity contribution < 1.29 is 9.53 Å². The lowest BCUT2D eigenvalue weighted by atomic mass is 10.2. The highest BCUT2D eigenvalue weighted by Gasteiger charge is 2.15. The van der Waals surface area contributed by atoms with Gasteiger partial charge in [-0.05, 0) is 40.4 Å². The number of amides is 1. The summed E-state index contributed by atoms with van der Waals surface area (Å²) in [4.78, 5) is 20.9. The summed E-state index contributed by atoms with van der Waals surface area (Å²) in [6, 6.07) is 4.81. The van der Waals surface area contributed by atoms with Crippen molar-refractivity contribution in [3.8, 4) is 5.75 Å². The highest BCUT2D eigenvalue weighted by atomic mass is 79.9. The van der Waals surface area contributed by atoms with Crippen molar-refractivity contribution in [2.45, 2.75) is 5.16 Å². The second-order valence-corrected chi connectivity index (χ2v) is 6.47. The number of aromatic nitrogens is 2. The number of carbonyl (C=O) groups is 1. The number of anilines is 1. The van der Waals surface area contributed by atoms with Gasteiger partial charge in [-0.2, -0.15) is 0 Å². The number of benzene rings is 1. The molecule has 6 nitrogen and oxygen atoms in total. The Morgan fingerprint density at radius 2 is 2.17 bits per heavy atom. The Hall–Kier alpha value is -1.51. The summed E-state index contributed by atoms with van der Waals surface area (Å²) in [5.74, 6) is 0.731. The van der Waals surface area contributed by atoms with Gasteiger partial charge in [0.2, 0.25) is 0 Å². The molecule has 1 amide bonds. The molecule has 0 spiro atoms. The van der Waals surface area contributed by atoms with Crippen LogP contribution >= 0.6 is 39.3 Å². The van der Waals surface area contributed by atoms with E-state index in [4.69, 9.17) is 16.3 Å². The molecular formula is C14H14BrClN4O2S. The van der Waals surface area contributed by atoms with E-state index in [0.29, 0.717) is 31.8 Å². The smallest absolute Gasteiger partial charge is 0.270 e. The van der Waals surface area contributed by atoms with Gasteiger partial charge in [0, 0.05) is 23.8 Å². The van der Waals surface area contributed by atoms with Gasteiger partial charge in [0.05, 0.1) is 11.6 Å². The number of hydrogen-bond acceptors (Lipinski definition) is 6. The van der Waals surface area contributed by atoms with E-state index in [0.717, 1.165) is 0 Å². The Labute approximate surface area is 151 Å². The molecule has 0 saturated carbocycles. The second kappa shape index (κ2) is 7.85. The van der Waals surface area contributed by atoms with Crippen LogP contribution in [0.25, 0.3) is 0 Å². The van der Waals surface area contributed by atoms with Crippen molar-refractivity contribution in [3.05, 3.63) is 39.5 Å². The van der Waals surface area contributed by atoms with Gasteiger partial charge in [-0.15, -0.1) is 0 Å². The number of ether oxygens (including phenoxy) is 1. The fourth-order valence-corrected chi connectivity index (χ4v) is 2.78. The molecule has 0 aliphatic rings. The van der Waals surface area contributed by atoms with E-state index in [2.05, 4.69) is 31.3 Å². The lowest BCUT2D eigenvalue weighted by Gasteiger charge is -2.20. The molecular weight excluding hydrogens is 404 g/mol. The van der Waals surface area contributed by atoms with E-state index in [9.17, 15) is 4.79 Å². The number of methoxy groups -OCH3 is 1. The molecule has 0 fully saturated rings. The van der Waals surface area contributed by atoms with Gasteiger partial charge < -0.3 is 4.74 Å². The van der Waals surface area contributed by atoms with Gasteiger partial charge in [-0.25, -0.2) is 9.97 Å². The molecule has 2 rings (SSSR count). The van der Waals surface area contributed by atoms with Gasteiger partial charge in [0.1, 0.15) is 5.75 Å². The maximum absolute atomic E-state index is 12.4. The number of rotatable bonds is 5. The standard InChI is InChI=1S/C14H14BrClN4O2S/c1-20(12-11(15)7-17-14(18-12)23-3)19-13(21)8-4-9(16)6-10(5-8)22-2/h4-7H,1-3H3,(H,19,21). The molecule has 0 saturated heterocycles. The normalized spacial score (nSPS) is 10.3. The van der Waals surface area contributed by atoms with Crippen molar-refractivity contribution in [2.24, 2.45) is 0 Å². The van der Waals surface area contributed by atoms with Gasteiger partial charge in [0.25, 0.3) is 5.91 Å². The number of hydrazine groups is 1. The zero-order valence-corrected chi connectivity index (χ0v) is 15.8. The number of nitrogens with zero attached hydrogens (tertiary/aromatic N) is 3. The quantitative estimate of drug-likeness (QED) is 0.457. The van der Waals surface area contributed by atoms with Crippen LogP contribution in [0.3, 0.4) is 0 Å². The SMILES string of the molecule is COc1cc(Cl)cc(C(=O)NN(C)c2nc(SC)ncc2Br)c1. The topological polar surface area (TPSA) is 67.3 Å². The molecule has 0 radical (unpaired) electrons. The summed E-state index contributed by atoms with van der Waals surface area (Å²) in [5.41, 5.74) is 3.12. The number of nitrogens with one attached hydrogen (secondary N) is 1. The maximum atomic E-state index is 12.4. The van der Waals surface area contributed by atoms with Crippen LogP contribution in [-0.4, -0.2) is 36.3 Å². The zero-order valence-electron chi connectivity index (χ0n) is 12.6. The van der Waals surface area contributed by atoms with Crippen LogP contribution in [0.5, 0.6) is 5.75 Å². The number of carbonyl (C=O) groups excluding carboxylic acids is 1. The molecule has 1 aromatic heterocycles. The minimum absolute atomic E-state index is 0.329. The molecule has 2 aromatic rings. The van der Waals surface area contributed by atoms with Gasteiger partial charge in [-0.1, -0.05) is 23.4 Å². The number of thioether (sulfide) groups is 1. The predicted octanol–water partition coefficient (Wildman–Crippen LogP) is 3.40. The molecule has 1 heterocycles. The molecule has 0 aliphatic carbocycles. The summed E-state index contributed by atoms with van der Waals surface area (Å²) in [6.45, 7) is 0. The van der Waals surface area contributed by atoms with Crippen molar-refractivity contribution in [3.63, 3.8) is 0 Å². The number of hydrogen-bond donors (Lipinski definition) is 1. The minimum Gasteiger partial charge on any atom is -0.497 e. The van der Waals surface area contributed by atoms with Gasteiger partial charge in [-0.3, -0.25) is 15.2 Å². The first-order chi connectivity index (χ1) is 10.9. The molecule has 0 aliphatic heterocycles. The molecule has 9 heteroatoms. The first kappa shape index (κ1) is 17.8. The van der Waals surface area contributed by atoms with E-state index in [-0.39, 0.29) is 5.91 Å². The van der Waals surface area contributed by atoms with E-state index in [1.54, 1.807) is 31.4 Å². The molecule has 0 unspecified atom stereocenters. The van der Waals surface area contributed by atoms with Crippen LogP contribution in [0, 0.1) is 0 Å². The summed E-state index contributed by atoms with van der Waals surface area (Å²) in [7, 11) is 3.21. The van der Waals surface area contributed by atoms with E-state index in [1.165, 1.54) is 23.9 Å². The Kier molecular flexibility index (Phi) is 6.09. The predicted molar refractivity (Wildman–Crippen MR) is 95.4 cm³/mol. The zero-order chi connectivity index (χ0) is 17.0. The van der Waals surface area contributed by atoms with Crippen LogP contribution in [0.1, 0.15) is 10.4 Å². The lowest BCUT2D eigenvalue weighted by Crippen LogP contribution is -2.40. The van der Waals surface area contributed by atoms with Crippen LogP contribution in [-0.2, 0) is 0 Å². The van der Waals surface area contributed by atoms with Crippen molar-refractivity contribution >= 4 is 51.0 Å². The van der Waals surface area contributed by atoms with Crippen LogP contribution in [0.2, 0.25) is 5.02 Å². The minimum atomic E-state index is -0.329. The molecule has 0 atom stereocenters. The summed E-state index contributed by atoms with van der Waals surface area (Å²) in [5, 5.41) is 2.54. The molecule has 0 bridgehead atoms. The summed E-state index contributed by atoms with van der Waals surface area (Å²) < 4.78 is 5.78. The Balaban J connectivity index is 2.21. The monoisotopic (exact) mass is 416 g/mol. The summed E-state index contributed by atoms with van der Waals surface area (Å²) >= 11 is 10.8. The Bertz CT molecular complexity index is 732. The third kappa shape index (κ3) is 4.49. The van der Waals surface area contributed by atoms with Crippen LogP contribution < -0.4 is 15.2 Å². The Morgan fingerprint density at radius 3 is 2.83 bits per heavy atom. The van der Waals surface area contributed by atoms with Crippen molar-refractivity contribution in [1.29, 1.82) is 0 Å². The molecule has 1 aromatic carbocycles. The van der Waals surface area contributed by atoms with E-state index < -0.39 is 0 Å². The molecule has 23 heavy (non-hydrogen) atoms. The van der Waals surface area contributed by atoms with E-state index >= 15 is 0 Å². The number of halogens is 2. The maximum Gasteiger partial charge on any atom is 0.270 e. The first-order valence-corrected chi connectivity index (χ1v) is 8.80. The summed E-state index contributed by atoms with van der Waals surface area (Å²) in [6.07, 6.45) is 3.52. The van der Waals surface area contributed by atoms with Crippen molar-refractivity contribution in [1.82, 2.24) is 15.4 Å². The molecule has 122 valence electrons. The van der Waals surface area contributed by atoms with Crippen molar-refractivity contribution in [2.75, 3.05) is 25.4 Å². The van der Waals surface area contributed by atoms with Gasteiger partial charge in [0.15, 0.2) is 11.0 Å². The molecule has 1 N–H and O–H groups in total.